The summed E-state index contributed by atoms with van der Waals surface area (Å²) < 4.78 is 14.5. The van der Waals surface area contributed by atoms with Crippen molar-refractivity contribution in [2.24, 2.45) is 11.8 Å². The molecule has 9 heteroatoms. The first kappa shape index (κ1) is 24.9. The number of hydrazine groups is 1. The van der Waals surface area contributed by atoms with Crippen molar-refractivity contribution in [3.8, 4) is 6.07 Å². The average molecular weight is 473 g/mol. The number of rotatable bonds is 8. The first-order chi connectivity index (χ1) is 15.8. The van der Waals surface area contributed by atoms with Crippen molar-refractivity contribution in [3.05, 3.63) is 52.2 Å². The van der Waals surface area contributed by atoms with Crippen molar-refractivity contribution >= 4 is 23.3 Å². The maximum absolute atomic E-state index is 14.5. The topological polar surface area (TPSA) is 85.2 Å². The Labute approximate surface area is 199 Å². The number of anilines is 1. The molecule has 33 heavy (non-hydrogen) atoms. The number of nitrogens with zero attached hydrogens (tertiary/aromatic N) is 5. The average Bonchev–Trinajstić information content (AvgIpc) is 2.80. The van der Waals surface area contributed by atoms with E-state index in [9.17, 15) is 9.18 Å². The summed E-state index contributed by atoms with van der Waals surface area (Å²) in [4.78, 5) is 23.3. The lowest BCUT2D eigenvalue weighted by Crippen LogP contribution is -2.45. The minimum atomic E-state index is -0.408. The van der Waals surface area contributed by atoms with E-state index in [-0.39, 0.29) is 28.4 Å². The van der Waals surface area contributed by atoms with Crippen LogP contribution in [0.25, 0.3) is 0 Å². The van der Waals surface area contributed by atoms with Crippen LogP contribution >= 0.6 is 11.6 Å². The van der Waals surface area contributed by atoms with Crippen LogP contribution in [0.1, 0.15) is 61.8 Å². The van der Waals surface area contributed by atoms with Crippen LogP contribution in [0.2, 0.25) is 5.02 Å². The number of hydrogen-bond acceptors (Lipinski definition) is 6. The molecule has 3 rings (SSSR count). The Morgan fingerprint density at radius 3 is 2.76 bits per heavy atom. The molecule has 1 fully saturated rings. The predicted molar refractivity (Wildman–Crippen MR) is 126 cm³/mol. The van der Waals surface area contributed by atoms with Gasteiger partial charge in [0.25, 0.3) is 5.91 Å². The van der Waals surface area contributed by atoms with Crippen molar-refractivity contribution in [2.75, 3.05) is 24.6 Å². The van der Waals surface area contributed by atoms with E-state index in [2.05, 4.69) is 27.2 Å². The van der Waals surface area contributed by atoms with Crippen molar-refractivity contribution in [2.45, 2.75) is 46.6 Å². The van der Waals surface area contributed by atoms with E-state index in [4.69, 9.17) is 16.9 Å². The zero-order valence-electron chi connectivity index (χ0n) is 19.3. The SMILES string of the molecule is CCC1CCN(Cc2cc(C(=O)NN(CC(C)C)c3nc(C#N)ncc3Cl)ccc2F)CC1. The van der Waals surface area contributed by atoms with Crippen molar-refractivity contribution < 1.29 is 9.18 Å². The second-order valence-corrected chi connectivity index (χ2v) is 9.26. The van der Waals surface area contributed by atoms with E-state index in [1.165, 1.54) is 29.8 Å². The molecule has 2 heterocycles. The van der Waals surface area contributed by atoms with E-state index in [1.807, 2.05) is 19.9 Å². The highest BCUT2D eigenvalue weighted by atomic mass is 35.5. The molecule has 1 aromatic heterocycles. The molecule has 176 valence electrons. The van der Waals surface area contributed by atoms with E-state index >= 15 is 0 Å². The van der Waals surface area contributed by atoms with E-state index in [0.717, 1.165) is 31.8 Å². The molecule has 1 aliphatic rings. The largest absolute Gasteiger partial charge is 0.299 e. The van der Waals surface area contributed by atoms with Gasteiger partial charge in [-0.2, -0.15) is 10.2 Å². The summed E-state index contributed by atoms with van der Waals surface area (Å²) in [5.41, 5.74) is 3.65. The summed E-state index contributed by atoms with van der Waals surface area (Å²) in [7, 11) is 0. The van der Waals surface area contributed by atoms with Crippen molar-refractivity contribution in [1.29, 1.82) is 5.26 Å². The second-order valence-electron chi connectivity index (χ2n) is 8.86. The summed E-state index contributed by atoms with van der Waals surface area (Å²) >= 11 is 6.25. The predicted octanol–water partition coefficient (Wildman–Crippen LogP) is 4.57. The maximum atomic E-state index is 14.5. The normalized spacial score (nSPS) is 14.8. The van der Waals surface area contributed by atoms with Gasteiger partial charge >= 0.3 is 0 Å². The molecule has 0 spiro atoms. The lowest BCUT2D eigenvalue weighted by atomic mass is 9.94. The van der Waals surface area contributed by atoms with Crippen LogP contribution in [0.3, 0.4) is 0 Å². The van der Waals surface area contributed by atoms with Crippen LogP contribution in [0.15, 0.2) is 24.4 Å². The number of carbonyl (C=O) groups excluding carboxylic acids is 1. The zero-order valence-corrected chi connectivity index (χ0v) is 20.1. The van der Waals surface area contributed by atoms with Gasteiger partial charge in [-0.3, -0.25) is 20.1 Å². The van der Waals surface area contributed by atoms with Gasteiger partial charge < -0.3 is 0 Å². The van der Waals surface area contributed by atoms with Crippen molar-refractivity contribution in [1.82, 2.24) is 20.3 Å². The van der Waals surface area contributed by atoms with Gasteiger partial charge in [-0.05, 0) is 56.0 Å². The lowest BCUT2D eigenvalue weighted by Gasteiger charge is -2.31. The molecule has 7 nitrogen and oxygen atoms in total. The molecule has 0 unspecified atom stereocenters. The molecule has 1 N–H and O–H groups in total. The third-order valence-corrected chi connectivity index (χ3v) is 6.12. The second kappa shape index (κ2) is 11.4. The third kappa shape index (κ3) is 6.62. The third-order valence-electron chi connectivity index (χ3n) is 5.85. The minimum absolute atomic E-state index is 0.0479. The Bertz CT molecular complexity index is 1020. The molecule has 1 amide bonds. The number of halogens is 2. The van der Waals surface area contributed by atoms with Gasteiger partial charge in [-0.1, -0.05) is 38.8 Å². The van der Waals surface area contributed by atoms with Crippen LogP contribution in [0, 0.1) is 29.0 Å². The highest BCUT2D eigenvalue weighted by molar-refractivity contribution is 6.32. The number of likely N-dealkylation sites (tertiary alicyclic amines) is 1. The maximum Gasteiger partial charge on any atom is 0.269 e. The fraction of sp³-hybridized carbons (Fsp3) is 0.500. The Kier molecular flexibility index (Phi) is 8.59. The summed E-state index contributed by atoms with van der Waals surface area (Å²) in [5, 5.41) is 10.9. The van der Waals surface area contributed by atoms with Gasteiger partial charge in [-0.25, -0.2) is 9.37 Å². The molecular formula is C24H30ClFN6O. The molecule has 0 saturated carbocycles. The lowest BCUT2D eigenvalue weighted by molar-refractivity contribution is 0.0947. The Morgan fingerprint density at radius 1 is 1.39 bits per heavy atom. The number of nitriles is 1. The van der Waals surface area contributed by atoms with E-state index in [1.54, 1.807) is 6.07 Å². The first-order valence-electron chi connectivity index (χ1n) is 11.3. The molecule has 0 radical (unpaired) electrons. The van der Waals surface area contributed by atoms with Gasteiger partial charge in [0, 0.05) is 24.2 Å². The monoisotopic (exact) mass is 472 g/mol. The number of benzene rings is 1. The molecular weight excluding hydrogens is 443 g/mol. The number of aromatic nitrogens is 2. The van der Waals surface area contributed by atoms with Gasteiger partial charge in [0.2, 0.25) is 5.82 Å². The first-order valence-corrected chi connectivity index (χ1v) is 11.7. The highest BCUT2D eigenvalue weighted by Crippen LogP contribution is 2.24. The molecule has 0 bridgehead atoms. The van der Waals surface area contributed by atoms with Gasteiger partial charge in [-0.15, -0.1) is 0 Å². The fourth-order valence-corrected chi connectivity index (χ4v) is 4.16. The summed E-state index contributed by atoms with van der Waals surface area (Å²) in [6.45, 7) is 8.93. The molecule has 1 aromatic carbocycles. The van der Waals surface area contributed by atoms with Gasteiger partial charge in [0.1, 0.15) is 16.9 Å². The quantitative estimate of drug-likeness (QED) is 0.566. The Balaban J connectivity index is 1.77. The van der Waals surface area contributed by atoms with Crippen LogP contribution in [0.4, 0.5) is 10.2 Å². The van der Waals surface area contributed by atoms with Crippen LogP contribution in [-0.4, -0.2) is 40.4 Å². The number of amides is 1. The standard InChI is InChI=1S/C24H30ClFN6O/c1-4-17-7-9-31(10-8-17)15-19-11-18(5-6-21(19)26)24(33)30-32(14-16(2)3)23-20(25)13-28-22(12-27)29-23/h5-6,11,13,16-17H,4,7-10,14-15H2,1-3H3,(H,30,33). The molecule has 2 aromatic rings. The summed E-state index contributed by atoms with van der Waals surface area (Å²) in [6.07, 6.45) is 4.75. The van der Waals surface area contributed by atoms with E-state index in [0.29, 0.717) is 24.2 Å². The fourth-order valence-electron chi connectivity index (χ4n) is 3.97. The van der Waals surface area contributed by atoms with E-state index < -0.39 is 5.91 Å². The van der Waals surface area contributed by atoms with Crippen LogP contribution in [0.5, 0.6) is 0 Å². The number of hydrogen-bond donors (Lipinski definition) is 1. The summed E-state index contributed by atoms with van der Waals surface area (Å²) in [6, 6.07) is 6.28. The van der Waals surface area contributed by atoms with Gasteiger partial charge in [0.15, 0.2) is 5.82 Å². The van der Waals surface area contributed by atoms with Gasteiger partial charge in [0.05, 0.1) is 6.20 Å². The zero-order chi connectivity index (χ0) is 24.0. The highest BCUT2D eigenvalue weighted by Gasteiger charge is 2.21. The smallest absolute Gasteiger partial charge is 0.269 e. The molecule has 0 atom stereocenters. The van der Waals surface area contributed by atoms with Crippen LogP contribution < -0.4 is 10.4 Å². The van der Waals surface area contributed by atoms with Crippen LogP contribution in [-0.2, 0) is 6.54 Å². The number of piperidine rings is 1. The molecule has 0 aliphatic carbocycles. The Morgan fingerprint density at radius 2 is 2.12 bits per heavy atom. The summed E-state index contributed by atoms with van der Waals surface area (Å²) in [5.74, 6) is 0.372. The number of nitrogens with one attached hydrogen (secondary N) is 1. The van der Waals surface area contributed by atoms with Crippen molar-refractivity contribution in [3.63, 3.8) is 0 Å². The Hall–Kier alpha value is -2.76. The number of carbonyl (C=O) groups is 1. The molecule has 1 aliphatic heterocycles. The minimum Gasteiger partial charge on any atom is -0.299 e. The molecule has 1 saturated heterocycles.